The van der Waals surface area contributed by atoms with Crippen LogP contribution in [0.5, 0.6) is 0 Å². The summed E-state index contributed by atoms with van der Waals surface area (Å²) in [7, 11) is 1.69. The Kier molecular flexibility index (Phi) is 7.21. The van der Waals surface area contributed by atoms with Crippen LogP contribution in [0.1, 0.15) is 82.1 Å². The number of hydrogen-bond donors (Lipinski definition) is 1. The van der Waals surface area contributed by atoms with Crippen LogP contribution in [0.3, 0.4) is 0 Å². The molecule has 1 aliphatic carbocycles. The molecule has 160 valence electrons. The van der Waals surface area contributed by atoms with E-state index < -0.39 is 5.41 Å². The third-order valence-corrected chi connectivity index (χ3v) is 6.05. The molecule has 0 heterocycles. The van der Waals surface area contributed by atoms with Gasteiger partial charge < -0.3 is 10.1 Å². The number of carbonyl (C=O) groups is 1. The Labute approximate surface area is 173 Å². The monoisotopic (exact) mass is 389 g/mol. The Morgan fingerprint density at radius 2 is 1.57 bits per heavy atom. The van der Waals surface area contributed by atoms with Crippen LogP contribution in [0.4, 0.5) is 0 Å². The van der Waals surface area contributed by atoms with Crippen LogP contribution in [0.15, 0.2) is 36.1 Å². The van der Waals surface area contributed by atoms with Crippen LogP contribution >= 0.6 is 0 Å². The smallest absolute Gasteiger partial charge is 0.230 e. The molecule has 1 rings (SSSR count). The van der Waals surface area contributed by atoms with Gasteiger partial charge in [-0.15, -0.1) is 0 Å². The van der Waals surface area contributed by atoms with Crippen molar-refractivity contribution < 1.29 is 9.53 Å². The van der Waals surface area contributed by atoms with E-state index in [1.54, 1.807) is 7.11 Å². The van der Waals surface area contributed by atoms with Gasteiger partial charge in [0.15, 0.2) is 0 Å². The quantitative estimate of drug-likeness (QED) is 0.545. The molecule has 1 unspecified atom stereocenters. The number of carbonyl (C=O) groups excluding carboxylic acids is 1. The van der Waals surface area contributed by atoms with Crippen molar-refractivity contribution in [2.45, 2.75) is 87.7 Å². The zero-order valence-corrected chi connectivity index (χ0v) is 20.1. The summed E-state index contributed by atoms with van der Waals surface area (Å²) in [5, 5.41) is 3.11. The number of methoxy groups -OCH3 is 1. The van der Waals surface area contributed by atoms with Crippen molar-refractivity contribution in [3.8, 4) is 0 Å². The van der Waals surface area contributed by atoms with E-state index in [1.807, 2.05) is 33.8 Å². The average molecular weight is 390 g/mol. The zero-order valence-electron chi connectivity index (χ0n) is 20.1. The van der Waals surface area contributed by atoms with Crippen molar-refractivity contribution in [2.24, 2.45) is 21.7 Å². The van der Waals surface area contributed by atoms with Gasteiger partial charge in [0.05, 0.1) is 5.60 Å². The maximum atomic E-state index is 12.9. The second-order valence-corrected chi connectivity index (χ2v) is 11.7. The standard InChI is InChI=1S/C25H43NO2/c1-21(2,3)17-23(6,7)25(10)15-12-13-19(14-16-25)26-20(27)22(4,5)18-24(8,9)28-11/h12-16H,17-18H2,1-11H3,(H,26,27). The minimum atomic E-state index is -0.529. The van der Waals surface area contributed by atoms with Gasteiger partial charge in [0.1, 0.15) is 0 Å². The summed E-state index contributed by atoms with van der Waals surface area (Å²) < 4.78 is 5.52. The van der Waals surface area contributed by atoms with Gasteiger partial charge in [0, 0.05) is 23.6 Å². The molecular formula is C25H43NO2. The summed E-state index contributed by atoms with van der Waals surface area (Å²) in [4.78, 5) is 12.9. The molecule has 0 saturated heterocycles. The predicted octanol–water partition coefficient (Wildman–Crippen LogP) is 6.42. The molecule has 1 amide bonds. The highest BCUT2D eigenvalue weighted by atomic mass is 16.5. The first-order chi connectivity index (χ1) is 12.4. The molecule has 3 heteroatoms. The van der Waals surface area contributed by atoms with Crippen molar-refractivity contribution in [3.05, 3.63) is 36.1 Å². The van der Waals surface area contributed by atoms with E-state index >= 15 is 0 Å². The molecule has 0 saturated carbocycles. The first kappa shape index (κ1) is 24.7. The molecule has 0 aromatic rings. The minimum Gasteiger partial charge on any atom is -0.379 e. The summed E-state index contributed by atoms with van der Waals surface area (Å²) in [6, 6.07) is 0. The molecule has 0 fully saturated rings. The number of hydrogen-bond acceptors (Lipinski definition) is 2. The van der Waals surface area contributed by atoms with Gasteiger partial charge in [-0.2, -0.15) is 0 Å². The van der Waals surface area contributed by atoms with Crippen molar-refractivity contribution in [1.29, 1.82) is 0 Å². The van der Waals surface area contributed by atoms with Crippen LogP contribution in [-0.2, 0) is 9.53 Å². The lowest BCUT2D eigenvalue weighted by molar-refractivity contribution is -0.132. The van der Waals surface area contributed by atoms with Crippen LogP contribution in [-0.4, -0.2) is 18.6 Å². The molecule has 0 radical (unpaired) electrons. The first-order valence-corrected chi connectivity index (χ1v) is 10.4. The highest BCUT2D eigenvalue weighted by molar-refractivity contribution is 5.84. The molecule has 3 nitrogen and oxygen atoms in total. The van der Waals surface area contributed by atoms with E-state index in [9.17, 15) is 4.79 Å². The lowest BCUT2D eigenvalue weighted by atomic mass is 9.60. The second-order valence-electron chi connectivity index (χ2n) is 11.7. The van der Waals surface area contributed by atoms with E-state index in [4.69, 9.17) is 4.74 Å². The van der Waals surface area contributed by atoms with Gasteiger partial charge in [0.2, 0.25) is 5.91 Å². The highest BCUT2D eigenvalue weighted by Crippen LogP contribution is 2.49. The largest absolute Gasteiger partial charge is 0.379 e. The lowest BCUT2D eigenvalue weighted by Gasteiger charge is -2.44. The van der Waals surface area contributed by atoms with E-state index in [2.05, 4.69) is 71.2 Å². The van der Waals surface area contributed by atoms with E-state index in [0.717, 1.165) is 12.1 Å². The molecule has 0 spiro atoms. The van der Waals surface area contributed by atoms with Crippen molar-refractivity contribution in [1.82, 2.24) is 5.32 Å². The molecule has 0 aromatic heterocycles. The summed E-state index contributed by atoms with van der Waals surface area (Å²) in [6.07, 6.45) is 12.4. The van der Waals surface area contributed by atoms with E-state index in [-0.39, 0.29) is 27.8 Å². The zero-order chi connectivity index (χ0) is 22.0. The summed E-state index contributed by atoms with van der Waals surface area (Å²) in [5.41, 5.74) is 0.218. The van der Waals surface area contributed by atoms with Crippen molar-refractivity contribution in [2.75, 3.05) is 7.11 Å². The lowest BCUT2D eigenvalue weighted by Crippen LogP contribution is -2.41. The van der Waals surface area contributed by atoms with Crippen LogP contribution in [0.2, 0.25) is 0 Å². The first-order valence-electron chi connectivity index (χ1n) is 10.4. The fourth-order valence-corrected chi connectivity index (χ4v) is 4.29. The van der Waals surface area contributed by atoms with Gasteiger partial charge in [-0.3, -0.25) is 4.79 Å². The Morgan fingerprint density at radius 3 is 2.07 bits per heavy atom. The third-order valence-electron chi connectivity index (χ3n) is 6.05. The van der Waals surface area contributed by atoms with E-state index in [1.165, 1.54) is 0 Å². The molecule has 0 aliphatic heterocycles. The molecule has 28 heavy (non-hydrogen) atoms. The molecule has 1 atom stereocenters. The molecule has 0 aromatic carbocycles. The minimum absolute atomic E-state index is 0.0134. The van der Waals surface area contributed by atoms with Crippen LogP contribution in [0.25, 0.3) is 0 Å². The van der Waals surface area contributed by atoms with E-state index in [0.29, 0.717) is 6.42 Å². The summed E-state index contributed by atoms with van der Waals surface area (Å²) >= 11 is 0. The number of nitrogens with one attached hydrogen (secondary N) is 1. The fraction of sp³-hybridized carbons (Fsp3) is 0.720. The van der Waals surface area contributed by atoms with Crippen molar-refractivity contribution >= 4 is 5.91 Å². The normalized spacial score (nSPS) is 21.3. The van der Waals surface area contributed by atoms with Gasteiger partial charge >= 0.3 is 0 Å². The third kappa shape index (κ3) is 6.62. The van der Waals surface area contributed by atoms with Gasteiger partial charge in [-0.25, -0.2) is 0 Å². The van der Waals surface area contributed by atoms with Gasteiger partial charge in [-0.1, -0.05) is 73.6 Å². The topological polar surface area (TPSA) is 38.3 Å². The number of allylic oxidation sites excluding steroid dienone is 5. The Bertz CT molecular complexity index is 657. The maximum Gasteiger partial charge on any atom is 0.230 e. The van der Waals surface area contributed by atoms with Crippen LogP contribution < -0.4 is 5.32 Å². The number of rotatable bonds is 7. The predicted molar refractivity (Wildman–Crippen MR) is 120 cm³/mol. The Balaban J connectivity index is 2.96. The van der Waals surface area contributed by atoms with Gasteiger partial charge in [-0.05, 0) is 49.7 Å². The Morgan fingerprint density at radius 1 is 1.00 bits per heavy atom. The SMILES string of the molecule is COC(C)(C)CC(C)(C)C(=O)NC1=CC=CC(C)(C(C)(C)CC(C)(C)C)C=C1. The molecular weight excluding hydrogens is 346 g/mol. The average Bonchev–Trinajstić information content (AvgIpc) is 2.67. The number of amides is 1. The fourth-order valence-electron chi connectivity index (χ4n) is 4.29. The maximum absolute atomic E-state index is 12.9. The Hall–Kier alpha value is -1.35. The molecule has 0 bridgehead atoms. The second kappa shape index (κ2) is 8.18. The molecule has 1 aliphatic rings. The summed E-state index contributed by atoms with van der Waals surface area (Å²) in [5.74, 6) is 0.0134. The summed E-state index contributed by atoms with van der Waals surface area (Å²) in [6.45, 7) is 21.7. The highest BCUT2D eigenvalue weighted by Gasteiger charge is 2.40. The van der Waals surface area contributed by atoms with Crippen LogP contribution in [0, 0.1) is 21.7 Å². The van der Waals surface area contributed by atoms with Gasteiger partial charge in [0.25, 0.3) is 0 Å². The molecule has 1 N–H and O–H groups in total. The van der Waals surface area contributed by atoms with Crippen molar-refractivity contribution in [3.63, 3.8) is 0 Å². The number of ether oxygens (including phenoxy) is 1.